The lowest BCUT2D eigenvalue weighted by Gasteiger charge is -2.19. The van der Waals surface area contributed by atoms with Gasteiger partial charge in [0, 0.05) is 18.5 Å². The normalized spacial score (nSPS) is 13.0. The number of aromatic nitrogens is 2. The Morgan fingerprint density at radius 1 is 1.03 bits per heavy atom. The number of amides is 1. The summed E-state index contributed by atoms with van der Waals surface area (Å²) in [7, 11) is 0. The molecule has 1 aliphatic heterocycles. The van der Waals surface area contributed by atoms with Gasteiger partial charge in [0.2, 0.25) is 5.91 Å². The van der Waals surface area contributed by atoms with Gasteiger partial charge >= 0.3 is 12.0 Å². The monoisotopic (exact) mass is 539 g/mol. The Morgan fingerprint density at radius 3 is 2.44 bits per heavy atom. The number of hydrogen-bond donors (Lipinski definition) is 2. The Balaban J connectivity index is 1.36. The van der Waals surface area contributed by atoms with Crippen LogP contribution in [0.1, 0.15) is 95.8 Å². The summed E-state index contributed by atoms with van der Waals surface area (Å²) in [4.78, 5) is 34.8. The summed E-state index contributed by atoms with van der Waals surface area (Å²) < 4.78 is 11.0. The van der Waals surface area contributed by atoms with Crippen molar-refractivity contribution in [1.82, 2.24) is 15.3 Å². The van der Waals surface area contributed by atoms with Gasteiger partial charge in [-0.25, -0.2) is 0 Å². The Labute approximate surface area is 232 Å². The molecule has 0 spiro atoms. The van der Waals surface area contributed by atoms with Crippen LogP contribution in [0.15, 0.2) is 24.3 Å². The van der Waals surface area contributed by atoms with Gasteiger partial charge in [0.15, 0.2) is 0 Å². The fraction of sp³-hybridized carbons (Fsp3) is 0.600. The Hall–Kier alpha value is -3.20. The average Bonchev–Trinajstić information content (AvgIpc) is 3.18. The van der Waals surface area contributed by atoms with E-state index in [2.05, 4.69) is 46.5 Å². The van der Waals surface area contributed by atoms with Crippen LogP contribution in [-0.4, -0.2) is 40.6 Å². The number of nitrogens with two attached hydrogens (primary N) is 1. The SMILES string of the molecule is CCCCOc1nc(N)c2c(n1)N(Cc1ccc(CNCCCCCCCC(=O)OC(C)(C)C)cc1)C(=O)C2. The number of esters is 1. The van der Waals surface area contributed by atoms with Gasteiger partial charge in [-0.2, -0.15) is 9.97 Å². The molecule has 0 atom stereocenters. The number of carbonyl (C=O) groups is 2. The van der Waals surface area contributed by atoms with Crippen LogP contribution in [0, 0.1) is 0 Å². The molecule has 0 aliphatic carbocycles. The first kappa shape index (κ1) is 30.3. The Kier molecular flexibility index (Phi) is 11.5. The molecule has 3 rings (SSSR count). The molecule has 3 N–H and O–H groups in total. The molecule has 0 radical (unpaired) electrons. The van der Waals surface area contributed by atoms with E-state index in [0.717, 1.165) is 63.6 Å². The van der Waals surface area contributed by atoms with Crippen LogP contribution in [0.2, 0.25) is 0 Å². The number of rotatable bonds is 16. The molecule has 0 saturated heterocycles. The van der Waals surface area contributed by atoms with Gasteiger partial charge in [0.25, 0.3) is 0 Å². The molecule has 2 heterocycles. The molecule has 1 aromatic carbocycles. The van der Waals surface area contributed by atoms with Crippen molar-refractivity contribution in [2.45, 2.75) is 104 Å². The summed E-state index contributed by atoms with van der Waals surface area (Å²) >= 11 is 0. The van der Waals surface area contributed by atoms with Crippen LogP contribution < -0.4 is 20.7 Å². The summed E-state index contributed by atoms with van der Waals surface area (Å²) in [5, 5.41) is 3.50. The van der Waals surface area contributed by atoms with Crippen molar-refractivity contribution >= 4 is 23.5 Å². The molecule has 1 aromatic heterocycles. The molecule has 1 amide bonds. The lowest BCUT2D eigenvalue weighted by atomic mass is 10.1. The van der Waals surface area contributed by atoms with Gasteiger partial charge in [0.1, 0.15) is 17.2 Å². The van der Waals surface area contributed by atoms with E-state index in [1.165, 1.54) is 5.56 Å². The molecule has 2 aromatic rings. The first-order valence-corrected chi connectivity index (χ1v) is 14.3. The molecule has 9 nitrogen and oxygen atoms in total. The minimum absolute atomic E-state index is 0.0349. The standard InChI is InChI=1S/C30H45N5O4/c1-5-6-18-38-29-33-27(31)24-19-25(36)35(28(24)34-29)21-23-15-13-22(14-16-23)20-32-17-11-9-7-8-10-12-26(37)39-30(2,3)4/h13-16,32H,5-12,17-21H2,1-4H3,(H2,31,33,34). The van der Waals surface area contributed by atoms with Crippen LogP contribution in [0.5, 0.6) is 6.01 Å². The van der Waals surface area contributed by atoms with E-state index >= 15 is 0 Å². The third-order valence-electron chi connectivity index (χ3n) is 6.46. The summed E-state index contributed by atoms with van der Waals surface area (Å²) in [5.74, 6) is 0.721. The second kappa shape index (κ2) is 14.8. The van der Waals surface area contributed by atoms with Crippen molar-refractivity contribution in [1.29, 1.82) is 0 Å². The number of anilines is 2. The zero-order valence-electron chi connectivity index (χ0n) is 24.1. The maximum Gasteiger partial charge on any atom is 0.320 e. The number of fused-ring (bicyclic) bond motifs is 1. The largest absolute Gasteiger partial charge is 0.463 e. The number of ether oxygens (including phenoxy) is 2. The fourth-order valence-corrected chi connectivity index (χ4v) is 4.38. The van der Waals surface area contributed by atoms with Crippen LogP contribution in [0.25, 0.3) is 0 Å². The van der Waals surface area contributed by atoms with Crippen LogP contribution in [-0.2, 0) is 33.8 Å². The summed E-state index contributed by atoms with van der Waals surface area (Å²) in [6, 6.07) is 8.51. The fourth-order valence-electron chi connectivity index (χ4n) is 4.38. The van der Waals surface area contributed by atoms with Gasteiger partial charge < -0.3 is 20.5 Å². The first-order chi connectivity index (χ1) is 18.7. The third-order valence-corrected chi connectivity index (χ3v) is 6.46. The smallest absolute Gasteiger partial charge is 0.320 e. The van der Waals surface area contributed by atoms with E-state index in [0.29, 0.717) is 36.8 Å². The Morgan fingerprint density at radius 2 is 1.72 bits per heavy atom. The number of nitrogen functional groups attached to an aromatic ring is 1. The van der Waals surface area contributed by atoms with Crippen molar-refractivity contribution in [3.05, 3.63) is 41.0 Å². The highest BCUT2D eigenvalue weighted by Gasteiger charge is 2.32. The molecule has 0 saturated carbocycles. The predicted molar refractivity (Wildman–Crippen MR) is 153 cm³/mol. The zero-order valence-corrected chi connectivity index (χ0v) is 24.1. The van der Waals surface area contributed by atoms with Gasteiger partial charge in [0.05, 0.1) is 19.6 Å². The van der Waals surface area contributed by atoms with Gasteiger partial charge in [-0.15, -0.1) is 0 Å². The van der Waals surface area contributed by atoms with E-state index in [4.69, 9.17) is 15.2 Å². The maximum absolute atomic E-state index is 12.7. The summed E-state index contributed by atoms with van der Waals surface area (Å²) in [5.41, 5.74) is 8.60. The van der Waals surface area contributed by atoms with E-state index in [-0.39, 0.29) is 24.3 Å². The number of unbranched alkanes of at least 4 members (excludes halogenated alkanes) is 5. The minimum Gasteiger partial charge on any atom is -0.463 e. The topological polar surface area (TPSA) is 120 Å². The van der Waals surface area contributed by atoms with E-state index in [1.54, 1.807) is 4.90 Å². The van der Waals surface area contributed by atoms with Crippen LogP contribution >= 0.6 is 0 Å². The number of carbonyl (C=O) groups excluding carboxylic acids is 2. The third kappa shape index (κ3) is 10.1. The van der Waals surface area contributed by atoms with Gasteiger partial charge in [-0.3, -0.25) is 14.5 Å². The number of nitrogens with one attached hydrogen (secondary N) is 1. The summed E-state index contributed by atoms with van der Waals surface area (Å²) in [6.07, 6.45) is 7.94. The second-order valence-corrected chi connectivity index (χ2v) is 11.1. The molecule has 39 heavy (non-hydrogen) atoms. The molecule has 214 valence electrons. The van der Waals surface area contributed by atoms with Crippen LogP contribution in [0.4, 0.5) is 11.6 Å². The molecule has 0 unspecified atom stereocenters. The van der Waals surface area contributed by atoms with E-state index in [9.17, 15) is 9.59 Å². The molecular formula is C30H45N5O4. The predicted octanol–water partition coefficient (Wildman–Crippen LogP) is 5.10. The lowest BCUT2D eigenvalue weighted by Crippen LogP contribution is -2.26. The molecule has 0 fully saturated rings. The lowest BCUT2D eigenvalue weighted by molar-refractivity contribution is -0.154. The number of hydrogen-bond acceptors (Lipinski definition) is 8. The second-order valence-electron chi connectivity index (χ2n) is 11.1. The van der Waals surface area contributed by atoms with Crippen molar-refractivity contribution < 1.29 is 19.1 Å². The quantitative estimate of drug-likeness (QED) is 0.223. The average molecular weight is 540 g/mol. The molecule has 0 bridgehead atoms. The minimum atomic E-state index is -0.402. The highest BCUT2D eigenvalue weighted by Crippen LogP contribution is 2.33. The van der Waals surface area contributed by atoms with E-state index in [1.807, 2.05) is 20.8 Å². The summed E-state index contributed by atoms with van der Waals surface area (Å²) in [6.45, 7) is 10.5. The highest BCUT2D eigenvalue weighted by molar-refractivity contribution is 6.01. The van der Waals surface area contributed by atoms with E-state index < -0.39 is 5.60 Å². The molecular weight excluding hydrogens is 494 g/mol. The van der Waals surface area contributed by atoms with Gasteiger partial charge in [-0.1, -0.05) is 56.9 Å². The number of benzene rings is 1. The Bertz CT molecular complexity index is 1080. The maximum atomic E-state index is 12.7. The van der Waals surface area contributed by atoms with Crippen LogP contribution in [0.3, 0.4) is 0 Å². The highest BCUT2D eigenvalue weighted by atomic mass is 16.6. The van der Waals surface area contributed by atoms with Crippen molar-refractivity contribution in [3.8, 4) is 6.01 Å². The zero-order chi connectivity index (χ0) is 28.3. The molecule has 1 aliphatic rings. The first-order valence-electron chi connectivity index (χ1n) is 14.3. The van der Waals surface area contributed by atoms with Gasteiger partial charge in [-0.05, 0) is 57.7 Å². The molecule has 9 heteroatoms. The van der Waals surface area contributed by atoms with Crippen molar-refractivity contribution in [2.24, 2.45) is 0 Å². The number of nitrogens with zero attached hydrogens (tertiary/aromatic N) is 3. The van der Waals surface area contributed by atoms with Crippen molar-refractivity contribution in [2.75, 3.05) is 23.8 Å². The van der Waals surface area contributed by atoms with Crippen molar-refractivity contribution in [3.63, 3.8) is 0 Å².